The molecule has 2 aliphatic rings. The van der Waals surface area contributed by atoms with Gasteiger partial charge in [0.1, 0.15) is 0 Å². The van der Waals surface area contributed by atoms with Crippen LogP contribution in [0.3, 0.4) is 0 Å². The monoisotopic (exact) mass is 243 g/mol. The number of amides is 3. The summed E-state index contributed by atoms with van der Waals surface area (Å²) in [4.78, 5) is 25.5. The number of nitrogens with zero attached hydrogens (tertiary/aromatic N) is 2. The minimum atomic E-state index is -0.934. The van der Waals surface area contributed by atoms with Gasteiger partial charge in [0.05, 0.1) is 18.7 Å². The molecule has 17 heavy (non-hydrogen) atoms. The lowest BCUT2D eigenvalue weighted by atomic mass is 10.0. The third-order valence-corrected chi connectivity index (χ3v) is 3.39. The molecule has 0 aromatic heterocycles. The Kier molecular flexibility index (Phi) is 3.37. The van der Waals surface area contributed by atoms with Crippen LogP contribution < -0.4 is 5.32 Å². The second-order valence-corrected chi connectivity index (χ2v) is 4.28. The van der Waals surface area contributed by atoms with Gasteiger partial charge < -0.3 is 25.0 Å². The molecule has 2 heterocycles. The van der Waals surface area contributed by atoms with Crippen LogP contribution >= 0.6 is 0 Å². The number of ether oxygens (including phenoxy) is 1. The summed E-state index contributed by atoms with van der Waals surface area (Å²) in [6.07, 6.45) is -0.557. The first-order chi connectivity index (χ1) is 8.13. The topological polar surface area (TPSA) is 82.1 Å². The molecule has 2 aliphatic heterocycles. The number of carbonyl (C=O) groups is 2. The van der Waals surface area contributed by atoms with Crippen molar-refractivity contribution in [3.8, 4) is 0 Å². The molecular formula is C10H17N3O4. The van der Waals surface area contributed by atoms with Crippen LogP contribution in [0.4, 0.5) is 9.59 Å². The molecule has 2 saturated heterocycles. The van der Waals surface area contributed by atoms with Gasteiger partial charge in [0.25, 0.3) is 0 Å². The largest absolute Gasteiger partial charge is 0.465 e. The van der Waals surface area contributed by atoms with Crippen molar-refractivity contribution in [3.63, 3.8) is 0 Å². The van der Waals surface area contributed by atoms with Crippen molar-refractivity contribution in [1.29, 1.82) is 0 Å². The van der Waals surface area contributed by atoms with Crippen LogP contribution in [0.15, 0.2) is 0 Å². The van der Waals surface area contributed by atoms with Crippen molar-refractivity contribution < 1.29 is 19.4 Å². The molecular weight excluding hydrogens is 226 g/mol. The summed E-state index contributed by atoms with van der Waals surface area (Å²) in [6, 6.07) is -0.112. The fourth-order valence-electron chi connectivity index (χ4n) is 2.47. The fourth-order valence-corrected chi connectivity index (χ4v) is 2.47. The van der Waals surface area contributed by atoms with Gasteiger partial charge in [0.2, 0.25) is 0 Å². The van der Waals surface area contributed by atoms with Gasteiger partial charge in [0, 0.05) is 26.7 Å². The van der Waals surface area contributed by atoms with Gasteiger partial charge in [-0.25, -0.2) is 9.59 Å². The number of carbonyl (C=O) groups excluding carboxylic acids is 1. The van der Waals surface area contributed by atoms with Gasteiger partial charge in [-0.05, 0) is 6.42 Å². The molecule has 7 nitrogen and oxygen atoms in total. The minimum Gasteiger partial charge on any atom is -0.465 e. The average Bonchev–Trinajstić information content (AvgIpc) is 2.74. The van der Waals surface area contributed by atoms with Gasteiger partial charge in [-0.2, -0.15) is 0 Å². The van der Waals surface area contributed by atoms with E-state index < -0.39 is 6.09 Å². The zero-order valence-electron chi connectivity index (χ0n) is 9.76. The van der Waals surface area contributed by atoms with Crippen LogP contribution in [0.1, 0.15) is 6.42 Å². The second-order valence-electron chi connectivity index (χ2n) is 4.28. The number of urea groups is 1. The molecule has 0 saturated carbocycles. The molecule has 0 radical (unpaired) electrons. The van der Waals surface area contributed by atoms with E-state index in [2.05, 4.69) is 5.32 Å². The van der Waals surface area contributed by atoms with E-state index in [1.807, 2.05) is 0 Å². The lowest BCUT2D eigenvalue weighted by Crippen LogP contribution is -2.56. The predicted octanol–water partition coefficient (Wildman–Crippen LogP) is -0.221. The molecule has 3 amide bonds. The number of hydrogen-bond donors (Lipinski definition) is 2. The Labute approximate surface area is 99.3 Å². The van der Waals surface area contributed by atoms with Crippen LogP contribution in [0, 0.1) is 0 Å². The molecule has 0 aliphatic carbocycles. The summed E-state index contributed by atoms with van der Waals surface area (Å²) in [6.45, 7) is 2.08. The quantitative estimate of drug-likeness (QED) is 0.702. The highest BCUT2D eigenvalue weighted by atomic mass is 16.5. The smallest absolute Gasteiger partial charge is 0.407 e. The van der Waals surface area contributed by atoms with Gasteiger partial charge in [0.15, 0.2) is 0 Å². The van der Waals surface area contributed by atoms with Crippen molar-refractivity contribution in [3.05, 3.63) is 0 Å². The third-order valence-electron chi connectivity index (χ3n) is 3.39. The number of carboxylic acid groups (broad SMARTS) is 1. The number of hydrogen-bond acceptors (Lipinski definition) is 3. The van der Waals surface area contributed by atoms with Gasteiger partial charge in [-0.1, -0.05) is 0 Å². The molecule has 0 aromatic carbocycles. The summed E-state index contributed by atoms with van der Waals surface area (Å²) in [5.74, 6) is 0. The SMILES string of the molecule is COC1CN(C(=O)O)CCC1N1CCNC1=O. The summed E-state index contributed by atoms with van der Waals surface area (Å²) in [5, 5.41) is 11.7. The predicted molar refractivity (Wildman–Crippen MR) is 58.9 cm³/mol. The number of methoxy groups -OCH3 is 1. The molecule has 2 atom stereocenters. The van der Waals surface area contributed by atoms with Crippen LogP contribution in [-0.4, -0.2) is 72.5 Å². The van der Waals surface area contributed by atoms with Crippen molar-refractivity contribution in [2.75, 3.05) is 33.3 Å². The highest BCUT2D eigenvalue weighted by Gasteiger charge is 2.38. The van der Waals surface area contributed by atoms with Gasteiger partial charge in [-0.15, -0.1) is 0 Å². The normalized spacial score (nSPS) is 29.4. The Hall–Kier alpha value is -1.50. The molecule has 2 unspecified atom stereocenters. The average molecular weight is 243 g/mol. The van der Waals surface area contributed by atoms with Crippen molar-refractivity contribution >= 4 is 12.1 Å². The fraction of sp³-hybridized carbons (Fsp3) is 0.800. The molecule has 0 spiro atoms. The van der Waals surface area contributed by atoms with Crippen molar-refractivity contribution in [2.45, 2.75) is 18.6 Å². The first-order valence-electron chi connectivity index (χ1n) is 5.68. The Bertz CT molecular complexity index is 323. The van der Waals surface area contributed by atoms with E-state index in [-0.39, 0.29) is 18.2 Å². The second kappa shape index (κ2) is 4.79. The van der Waals surface area contributed by atoms with E-state index in [0.717, 1.165) is 0 Å². The minimum absolute atomic E-state index is 0.0295. The summed E-state index contributed by atoms with van der Waals surface area (Å²) < 4.78 is 5.32. The molecule has 2 fully saturated rings. The maximum Gasteiger partial charge on any atom is 0.407 e. The van der Waals surface area contributed by atoms with Crippen LogP contribution in [0.5, 0.6) is 0 Å². The van der Waals surface area contributed by atoms with Gasteiger partial charge in [-0.3, -0.25) is 0 Å². The van der Waals surface area contributed by atoms with Gasteiger partial charge >= 0.3 is 12.1 Å². The van der Waals surface area contributed by atoms with E-state index in [0.29, 0.717) is 32.6 Å². The number of piperidine rings is 1. The Morgan fingerprint density at radius 1 is 1.53 bits per heavy atom. The van der Waals surface area contributed by atoms with Crippen molar-refractivity contribution in [1.82, 2.24) is 15.1 Å². The highest BCUT2D eigenvalue weighted by Crippen LogP contribution is 2.20. The van der Waals surface area contributed by atoms with Crippen molar-refractivity contribution in [2.24, 2.45) is 0 Å². The van der Waals surface area contributed by atoms with E-state index in [1.54, 1.807) is 12.0 Å². The summed E-state index contributed by atoms with van der Waals surface area (Å²) in [7, 11) is 1.55. The van der Waals surface area contributed by atoms with E-state index >= 15 is 0 Å². The zero-order valence-corrected chi connectivity index (χ0v) is 9.76. The lowest BCUT2D eigenvalue weighted by molar-refractivity contribution is -0.0165. The number of likely N-dealkylation sites (tertiary alicyclic amines) is 1. The molecule has 0 aromatic rings. The molecule has 7 heteroatoms. The summed E-state index contributed by atoms with van der Waals surface area (Å²) >= 11 is 0. The molecule has 0 bridgehead atoms. The maximum atomic E-state index is 11.6. The molecule has 2 rings (SSSR count). The number of nitrogens with one attached hydrogen (secondary N) is 1. The first kappa shape index (κ1) is 12.0. The Morgan fingerprint density at radius 3 is 2.82 bits per heavy atom. The van der Waals surface area contributed by atoms with Crippen LogP contribution in [0.2, 0.25) is 0 Å². The van der Waals surface area contributed by atoms with Crippen LogP contribution in [-0.2, 0) is 4.74 Å². The first-order valence-corrected chi connectivity index (χ1v) is 5.68. The van der Waals surface area contributed by atoms with Crippen LogP contribution in [0.25, 0.3) is 0 Å². The summed E-state index contributed by atoms with van der Waals surface area (Å²) in [5.41, 5.74) is 0. The molecule has 2 N–H and O–H groups in total. The highest BCUT2D eigenvalue weighted by molar-refractivity contribution is 5.76. The number of rotatable bonds is 2. The lowest BCUT2D eigenvalue weighted by Gasteiger charge is -2.40. The zero-order chi connectivity index (χ0) is 12.4. The standard InChI is InChI=1S/C10H17N3O4/c1-17-8-6-12(10(15)16)4-2-7(8)13-5-3-11-9(13)14/h7-8H,2-6H2,1H3,(H,11,14)(H,15,16). The third kappa shape index (κ3) is 2.28. The Balaban J connectivity index is 2.03. The maximum absolute atomic E-state index is 11.6. The van der Waals surface area contributed by atoms with E-state index in [9.17, 15) is 9.59 Å². The van der Waals surface area contributed by atoms with E-state index in [1.165, 1.54) is 4.90 Å². The Morgan fingerprint density at radius 2 is 2.29 bits per heavy atom. The van der Waals surface area contributed by atoms with E-state index in [4.69, 9.17) is 9.84 Å². The molecule has 96 valence electrons.